The summed E-state index contributed by atoms with van der Waals surface area (Å²) in [5, 5.41) is 10.3. The molecule has 0 aliphatic heterocycles. The molecule has 1 atom stereocenters. The van der Waals surface area contributed by atoms with Gasteiger partial charge in [0.1, 0.15) is 0 Å². The molecular formula is C13H18ClNO3S. The molecule has 1 saturated carbocycles. The molecule has 0 aromatic heterocycles. The minimum atomic E-state index is -3.59. The Bertz CT molecular complexity index is 569. The minimum absolute atomic E-state index is 0.124. The van der Waals surface area contributed by atoms with Crippen LogP contribution in [0.5, 0.6) is 0 Å². The van der Waals surface area contributed by atoms with Crippen LogP contribution in [0.1, 0.15) is 18.4 Å². The number of sulfonamides is 1. The Kier molecular flexibility index (Phi) is 4.20. The van der Waals surface area contributed by atoms with Crippen LogP contribution in [0.3, 0.4) is 0 Å². The van der Waals surface area contributed by atoms with Crippen LogP contribution in [0, 0.1) is 12.8 Å². The molecule has 2 rings (SSSR count). The van der Waals surface area contributed by atoms with E-state index in [1.807, 2.05) is 6.92 Å². The summed E-state index contributed by atoms with van der Waals surface area (Å²) in [6.07, 6.45) is 1.37. The van der Waals surface area contributed by atoms with E-state index in [9.17, 15) is 13.5 Å². The van der Waals surface area contributed by atoms with Crippen molar-refractivity contribution in [1.82, 2.24) is 4.31 Å². The molecule has 0 radical (unpaired) electrons. The van der Waals surface area contributed by atoms with Crippen molar-refractivity contribution in [2.45, 2.75) is 30.8 Å². The lowest BCUT2D eigenvalue weighted by Gasteiger charge is -2.20. The maximum absolute atomic E-state index is 12.3. The first kappa shape index (κ1) is 14.8. The molecule has 4 nitrogen and oxygen atoms in total. The van der Waals surface area contributed by atoms with Crippen LogP contribution in [0.25, 0.3) is 0 Å². The maximum atomic E-state index is 12.3. The largest absolute Gasteiger partial charge is 0.391 e. The van der Waals surface area contributed by atoms with E-state index >= 15 is 0 Å². The molecular weight excluding hydrogens is 286 g/mol. The van der Waals surface area contributed by atoms with Crippen molar-refractivity contribution < 1.29 is 13.5 Å². The number of hydrogen-bond acceptors (Lipinski definition) is 3. The molecule has 0 heterocycles. The summed E-state index contributed by atoms with van der Waals surface area (Å²) in [7, 11) is -2.11. The van der Waals surface area contributed by atoms with Gasteiger partial charge in [0.25, 0.3) is 0 Å². The molecule has 0 spiro atoms. The van der Waals surface area contributed by atoms with Crippen LogP contribution in [0.4, 0.5) is 0 Å². The van der Waals surface area contributed by atoms with Crippen molar-refractivity contribution in [1.29, 1.82) is 0 Å². The Labute approximate surface area is 119 Å². The molecule has 1 aromatic carbocycles. The van der Waals surface area contributed by atoms with Crippen LogP contribution in [-0.2, 0) is 10.0 Å². The van der Waals surface area contributed by atoms with Crippen LogP contribution in [-0.4, -0.2) is 37.5 Å². The van der Waals surface area contributed by atoms with Gasteiger partial charge in [0.2, 0.25) is 10.0 Å². The third-order valence-electron chi connectivity index (χ3n) is 3.46. The van der Waals surface area contributed by atoms with Gasteiger partial charge in [-0.3, -0.25) is 0 Å². The molecule has 0 amide bonds. The predicted molar refractivity (Wildman–Crippen MR) is 74.7 cm³/mol. The third-order valence-corrected chi connectivity index (χ3v) is 5.69. The summed E-state index contributed by atoms with van der Waals surface area (Å²) in [6, 6.07) is 4.67. The Hall–Kier alpha value is -0.620. The Morgan fingerprint density at radius 2 is 2.11 bits per heavy atom. The number of hydrogen-bond donors (Lipinski definition) is 1. The van der Waals surface area contributed by atoms with Crippen LogP contribution < -0.4 is 0 Å². The topological polar surface area (TPSA) is 57.6 Å². The van der Waals surface area contributed by atoms with Gasteiger partial charge in [-0.2, -0.15) is 4.31 Å². The fourth-order valence-electron chi connectivity index (χ4n) is 1.91. The maximum Gasteiger partial charge on any atom is 0.242 e. The van der Waals surface area contributed by atoms with E-state index < -0.39 is 16.1 Å². The number of aliphatic hydroxyl groups is 1. The molecule has 6 heteroatoms. The van der Waals surface area contributed by atoms with Crippen molar-refractivity contribution in [2.75, 3.05) is 13.6 Å². The van der Waals surface area contributed by atoms with E-state index in [4.69, 9.17) is 11.6 Å². The predicted octanol–water partition coefficient (Wildman–Crippen LogP) is 2.04. The number of nitrogens with zero attached hydrogens (tertiary/aromatic N) is 1. The Morgan fingerprint density at radius 1 is 1.47 bits per heavy atom. The average molecular weight is 304 g/mol. The summed E-state index contributed by atoms with van der Waals surface area (Å²) >= 11 is 5.96. The van der Waals surface area contributed by atoms with Gasteiger partial charge >= 0.3 is 0 Å². The first-order chi connectivity index (χ1) is 8.82. The van der Waals surface area contributed by atoms with Gasteiger partial charge in [-0.1, -0.05) is 17.7 Å². The van der Waals surface area contributed by atoms with Crippen molar-refractivity contribution in [3.8, 4) is 0 Å². The summed E-state index contributed by atoms with van der Waals surface area (Å²) in [4.78, 5) is 0.161. The zero-order valence-electron chi connectivity index (χ0n) is 11.0. The number of likely N-dealkylation sites (N-methyl/N-ethyl adjacent to an activating group) is 1. The fourth-order valence-corrected chi connectivity index (χ4v) is 3.37. The first-order valence-electron chi connectivity index (χ1n) is 6.23. The van der Waals surface area contributed by atoms with E-state index in [0.717, 1.165) is 18.4 Å². The van der Waals surface area contributed by atoms with Gasteiger partial charge in [0, 0.05) is 18.6 Å². The highest BCUT2D eigenvalue weighted by Gasteiger charge is 2.33. The number of benzene rings is 1. The lowest BCUT2D eigenvalue weighted by molar-refractivity contribution is 0.131. The molecule has 1 N–H and O–H groups in total. The van der Waals surface area contributed by atoms with E-state index in [0.29, 0.717) is 5.02 Å². The van der Waals surface area contributed by atoms with Gasteiger partial charge in [-0.25, -0.2) is 8.42 Å². The lowest BCUT2D eigenvalue weighted by Crippen LogP contribution is -2.35. The second-order valence-electron chi connectivity index (χ2n) is 5.10. The summed E-state index contributed by atoms with van der Waals surface area (Å²) < 4.78 is 25.9. The monoisotopic (exact) mass is 303 g/mol. The molecule has 0 saturated heterocycles. The second kappa shape index (κ2) is 5.40. The van der Waals surface area contributed by atoms with E-state index in [1.54, 1.807) is 6.07 Å². The van der Waals surface area contributed by atoms with Crippen molar-refractivity contribution in [3.05, 3.63) is 28.8 Å². The van der Waals surface area contributed by atoms with Crippen LogP contribution in [0.2, 0.25) is 5.02 Å². The summed E-state index contributed by atoms with van der Waals surface area (Å²) in [5.74, 6) is 0.249. The molecule has 19 heavy (non-hydrogen) atoms. The first-order valence-corrected chi connectivity index (χ1v) is 8.04. The van der Waals surface area contributed by atoms with E-state index in [2.05, 4.69) is 0 Å². The molecule has 1 fully saturated rings. The van der Waals surface area contributed by atoms with Crippen molar-refractivity contribution in [3.63, 3.8) is 0 Å². The highest BCUT2D eigenvalue weighted by atomic mass is 35.5. The molecule has 0 bridgehead atoms. The molecule has 1 aliphatic carbocycles. The minimum Gasteiger partial charge on any atom is -0.391 e. The normalized spacial score (nSPS) is 17.7. The lowest BCUT2D eigenvalue weighted by atomic mass is 10.2. The van der Waals surface area contributed by atoms with Gasteiger partial charge in [0.15, 0.2) is 0 Å². The van der Waals surface area contributed by atoms with Gasteiger partial charge < -0.3 is 5.11 Å². The number of rotatable bonds is 5. The van der Waals surface area contributed by atoms with Gasteiger partial charge in [0.05, 0.1) is 11.0 Å². The zero-order chi connectivity index (χ0) is 14.2. The third kappa shape index (κ3) is 3.28. The highest BCUT2D eigenvalue weighted by molar-refractivity contribution is 7.89. The highest BCUT2D eigenvalue weighted by Crippen LogP contribution is 2.33. The summed E-state index contributed by atoms with van der Waals surface area (Å²) in [5.41, 5.74) is 0.835. The number of halogens is 1. The number of aliphatic hydroxyl groups excluding tert-OH is 1. The fraction of sp³-hybridized carbons (Fsp3) is 0.538. The van der Waals surface area contributed by atoms with Gasteiger partial charge in [-0.05, 0) is 43.4 Å². The number of aryl methyl sites for hydroxylation is 1. The van der Waals surface area contributed by atoms with Crippen molar-refractivity contribution in [2.24, 2.45) is 5.92 Å². The van der Waals surface area contributed by atoms with Crippen LogP contribution >= 0.6 is 11.6 Å². The molecule has 1 aliphatic rings. The van der Waals surface area contributed by atoms with E-state index in [1.165, 1.54) is 23.5 Å². The average Bonchev–Trinajstić information content (AvgIpc) is 3.16. The Balaban J connectivity index is 2.17. The quantitative estimate of drug-likeness (QED) is 0.905. The summed E-state index contributed by atoms with van der Waals surface area (Å²) in [6.45, 7) is 1.94. The molecule has 106 valence electrons. The molecule has 1 aromatic rings. The Morgan fingerprint density at radius 3 is 2.63 bits per heavy atom. The second-order valence-corrected chi connectivity index (χ2v) is 7.55. The standard InChI is InChI=1S/C13H18ClNO3S/c1-9-3-6-11(7-12(9)14)19(17,18)15(2)8-13(16)10-4-5-10/h3,6-7,10,13,16H,4-5,8H2,1-2H3. The SMILES string of the molecule is Cc1ccc(S(=O)(=O)N(C)CC(O)C2CC2)cc1Cl. The zero-order valence-corrected chi connectivity index (χ0v) is 12.6. The van der Waals surface area contributed by atoms with E-state index in [-0.39, 0.29) is 17.4 Å². The molecule has 1 unspecified atom stereocenters. The van der Waals surface area contributed by atoms with Gasteiger partial charge in [-0.15, -0.1) is 0 Å². The smallest absolute Gasteiger partial charge is 0.242 e. The van der Waals surface area contributed by atoms with Crippen molar-refractivity contribution >= 4 is 21.6 Å². The van der Waals surface area contributed by atoms with Crippen LogP contribution in [0.15, 0.2) is 23.1 Å².